The van der Waals surface area contributed by atoms with E-state index in [1.165, 1.54) is 22.2 Å². The molecule has 35 heavy (non-hydrogen) atoms. The monoisotopic (exact) mass is 503 g/mol. The van der Waals surface area contributed by atoms with Crippen LogP contribution in [0.25, 0.3) is 0 Å². The number of aryl methyl sites for hydroxylation is 1. The van der Waals surface area contributed by atoms with Crippen LogP contribution in [-0.2, 0) is 16.1 Å². The average Bonchev–Trinajstić information content (AvgIpc) is 3.11. The molecule has 3 aromatic rings. The molecule has 5 rings (SSSR count). The van der Waals surface area contributed by atoms with Crippen LogP contribution in [0.2, 0.25) is 5.02 Å². The first-order valence-electron chi connectivity index (χ1n) is 11.6. The Morgan fingerprint density at radius 1 is 0.829 bits per heavy atom. The number of rotatable bonds is 6. The van der Waals surface area contributed by atoms with E-state index in [-0.39, 0.29) is 11.8 Å². The molecule has 3 aromatic carbocycles. The van der Waals surface area contributed by atoms with Gasteiger partial charge in [0.15, 0.2) is 0 Å². The Morgan fingerprint density at radius 3 is 2.23 bits per heavy atom. The lowest BCUT2D eigenvalue weighted by atomic mass is 10.2. The fourth-order valence-electron chi connectivity index (χ4n) is 4.41. The van der Waals surface area contributed by atoms with Crippen LogP contribution in [0.4, 0.5) is 5.69 Å². The predicted molar refractivity (Wildman–Crippen MR) is 141 cm³/mol. The van der Waals surface area contributed by atoms with Crippen LogP contribution >= 0.6 is 23.4 Å². The smallest absolute Gasteiger partial charge is 0.283 e. The molecule has 0 bridgehead atoms. The molecule has 0 N–H and O–H groups in total. The maximum Gasteiger partial charge on any atom is 0.283 e. The first kappa shape index (κ1) is 23.7. The molecule has 0 atom stereocenters. The highest BCUT2D eigenvalue weighted by molar-refractivity contribution is 8.04. The highest BCUT2D eigenvalue weighted by Gasteiger charge is 2.43. The first-order valence-corrected chi connectivity index (χ1v) is 12.8. The number of carbonyl (C=O) groups is 2. The molecular weight excluding hydrogens is 478 g/mol. The Balaban J connectivity index is 1.41. The van der Waals surface area contributed by atoms with Gasteiger partial charge in [-0.2, -0.15) is 0 Å². The molecule has 178 valence electrons. The second-order valence-corrected chi connectivity index (χ2v) is 10.3. The van der Waals surface area contributed by atoms with E-state index in [1.54, 1.807) is 24.3 Å². The molecule has 0 aromatic heterocycles. The SMILES string of the molecule is Cc1ccc(SC2=C(N3CCN(Cc4ccccc4)CC3)C(=O)N(c3cccc(Cl)c3)C2=O)cc1. The highest BCUT2D eigenvalue weighted by atomic mass is 35.5. The average molecular weight is 504 g/mol. The Kier molecular flexibility index (Phi) is 6.95. The van der Waals surface area contributed by atoms with Gasteiger partial charge < -0.3 is 4.90 Å². The number of hydrogen-bond acceptors (Lipinski definition) is 5. The van der Waals surface area contributed by atoms with E-state index in [2.05, 4.69) is 34.1 Å². The van der Waals surface area contributed by atoms with Crippen LogP contribution in [0.1, 0.15) is 11.1 Å². The Labute approximate surface area is 215 Å². The van der Waals surface area contributed by atoms with Crippen molar-refractivity contribution >= 4 is 40.9 Å². The fraction of sp³-hybridized carbons (Fsp3) is 0.214. The molecule has 0 saturated carbocycles. The van der Waals surface area contributed by atoms with Crippen LogP contribution in [0.15, 0.2) is 94.4 Å². The fourth-order valence-corrected chi connectivity index (χ4v) is 5.60. The number of imide groups is 1. The lowest BCUT2D eigenvalue weighted by Gasteiger charge is -2.36. The molecule has 0 radical (unpaired) electrons. The van der Waals surface area contributed by atoms with Crippen molar-refractivity contribution in [2.24, 2.45) is 0 Å². The van der Waals surface area contributed by atoms with Gasteiger partial charge in [-0.1, -0.05) is 77.5 Å². The second kappa shape index (κ2) is 10.3. The Morgan fingerprint density at radius 2 is 1.54 bits per heavy atom. The summed E-state index contributed by atoms with van der Waals surface area (Å²) >= 11 is 7.54. The number of piperazine rings is 1. The summed E-state index contributed by atoms with van der Waals surface area (Å²) in [6.07, 6.45) is 0. The van der Waals surface area contributed by atoms with Crippen molar-refractivity contribution in [1.29, 1.82) is 0 Å². The molecule has 1 fully saturated rings. The molecule has 0 spiro atoms. The normalized spacial score (nSPS) is 17.0. The topological polar surface area (TPSA) is 43.9 Å². The van der Waals surface area contributed by atoms with Crippen molar-refractivity contribution in [2.75, 3.05) is 31.1 Å². The number of hydrogen-bond donors (Lipinski definition) is 0. The lowest BCUT2D eigenvalue weighted by molar-refractivity contribution is -0.121. The zero-order valence-electron chi connectivity index (χ0n) is 19.5. The van der Waals surface area contributed by atoms with Gasteiger partial charge in [0.1, 0.15) is 10.6 Å². The summed E-state index contributed by atoms with van der Waals surface area (Å²) in [5.74, 6) is -0.590. The van der Waals surface area contributed by atoms with Gasteiger partial charge in [-0.3, -0.25) is 14.5 Å². The molecule has 7 heteroatoms. The van der Waals surface area contributed by atoms with E-state index in [1.807, 2.05) is 37.3 Å². The van der Waals surface area contributed by atoms with Crippen molar-refractivity contribution in [3.8, 4) is 0 Å². The summed E-state index contributed by atoms with van der Waals surface area (Å²) in [5.41, 5.74) is 3.40. The molecule has 5 nitrogen and oxygen atoms in total. The van der Waals surface area contributed by atoms with Crippen LogP contribution in [0.5, 0.6) is 0 Å². The van der Waals surface area contributed by atoms with Crippen molar-refractivity contribution in [2.45, 2.75) is 18.4 Å². The van der Waals surface area contributed by atoms with E-state index in [9.17, 15) is 9.59 Å². The van der Waals surface area contributed by atoms with Crippen molar-refractivity contribution in [3.05, 3.63) is 106 Å². The van der Waals surface area contributed by atoms with Gasteiger partial charge in [-0.15, -0.1) is 0 Å². The molecule has 1 saturated heterocycles. The van der Waals surface area contributed by atoms with Gasteiger partial charge in [0.25, 0.3) is 11.8 Å². The number of halogens is 1. The van der Waals surface area contributed by atoms with Gasteiger partial charge in [0.2, 0.25) is 0 Å². The maximum atomic E-state index is 13.7. The van der Waals surface area contributed by atoms with Crippen LogP contribution in [0.3, 0.4) is 0 Å². The molecular formula is C28H26ClN3O2S. The van der Waals surface area contributed by atoms with E-state index >= 15 is 0 Å². The molecule has 2 aliphatic heterocycles. The molecule has 0 unspecified atom stereocenters. The van der Waals surface area contributed by atoms with E-state index in [0.717, 1.165) is 30.1 Å². The highest BCUT2D eigenvalue weighted by Crippen LogP contribution is 2.39. The van der Waals surface area contributed by atoms with Gasteiger partial charge in [0.05, 0.1) is 5.69 Å². The quantitative estimate of drug-likeness (QED) is 0.425. The third-order valence-corrected chi connectivity index (χ3v) is 7.58. The summed E-state index contributed by atoms with van der Waals surface area (Å²) in [6, 6.07) is 25.3. The standard InChI is InChI=1S/C28H26ClN3O2S/c1-20-10-12-24(13-11-20)35-26-25(27(33)32(28(26)34)23-9-5-8-22(29)18-23)31-16-14-30(15-17-31)19-21-6-3-2-4-7-21/h2-13,18H,14-17,19H2,1H3. The molecule has 0 aliphatic carbocycles. The maximum absolute atomic E-state index is 13.7. The van der Waals surface area contributed by atoms with E-state index < -0.39 is 0 Å². The number of anilines is 1. The third kappa shape index (κ3) is 5.15. The van der Waals surface area contributed by atoms with Gasteiger partial charge in [0, 0.05) is 42.6 Å². The number of carbonyl (C=O) groups excluding carboxylic acids is 2. The van der Waals surface area contributed by atoms with Crippen LogP contribution < -0.4 is 4.90 Å². The van der Waals surface area contributed by atoms with Crippen molar-refractivity contribution in [3.63, 3.8) is 0 Å². The molecule has 2 amide bonds. The summed E-state index contributed by atoms with van der Waals surface area (Å²) in [7, 11) is 0. The summed E-state index contributed by atoms with van der Waals surface area (Å²) in [4.78, 5) is 34.4. The minimum absolute atomic E-state index is 0.289. The minimum Gasteiger partial charge on any atom is -0.363 e. The van der Waals surface area contributed by atoms with Crippen molar-refractivity contribution < 1.29 is 9.59 Å². The number of nitrogens with zero attached hydrogens (tertiary/aromatic N) is 3. The predicted octanol–water partition coefficient (Wildman–Crippen LogP) is 5.34. The lowest BCUT2D eigenvalue weighted by Crippen LogP contribution is -2.47. The van der Waals surface area contributed by atoms with Crippen molar-refractivity contribution in [1.82, 2.24) is 9.80 Å². The number of amides is 2. The zero-order valence-corrected chi connectivity index (χ0v) is 21.1. The van der Waals surface area contributed by atoms with Gasteiger partial charge in [-0.05, 0) is 42.8 Å². The third-order valence-electron chi connectivity index (χ3n) is 6.26. The Hall–Kier alpha value is -3.06. The molecule has 2 aliphatic rings. The van der Waals surface area contributed by atoms with Gasteiger partial charge in [-0.25, -0.2) is 4.90 Å². The number of benzene rings is 3. The summed E-state index contributed by atoms with van der Waals surface area (Å²) in [5, 5.41) is 0.485. The Bertz CT molecular complexity index is 1270. The largest absolute Gasteiger partial charge is 0.363 e. The van der Waals surface area contributed by atoms with Gasteiger partial charge >= 0.3 is 0 Å². The van der Waals surface area contributed by atoms with Crippen LogP contribution in [0, 0.1) is 6.92 Å². The van der Waals surface area contributed by atoms with E-state index in [0.29, 0.717) is 34.4 Å². The van der Waals surface area contributed by atoms with E-state index in [4.69, 9.17) is 11.6 Å². The zero-order chi connectivity index (χ0) is 24.4. The summed E-state index contributed by atoms with van der Waals surface area (Å²) in [6.45, 7) is 5.91. The summed E-state index contributed by atoms with van der Waals surface area (Å²) < 4.78 is 0. The van der Waals surface area contributed by atoms with Crippen LogP contribution in [-0.4, -0.2) is 47.8 Å². The first-order chi connectivity index (χ1) is 17.0. The number of thioether (sulfide) groups is 1. The second-order valence-electron chi connectivity index (χ2n) is 8.77. The molecule has 2 heterocycles. The minimum atomic E-state index is -0.301.